The van der Waals surface area contributed by atoms with Crippen LogP contribution in [0.3, 0.4) is 0 Å². The fourth-order valence-corrected chi connectivity index (χ4v) is 4.61. The Kier molecular flexibility index (Phi) is 6.96. The molecule has 5 nitrogen and oxygen atoms in total. The van der Waals surface area contributed by atoms with Crippen LogP contribution < -0.4 is 5.32 Å². The Bertz CT molecular complexity index is 970. The summed E-state index contributed by atoms with van der Waals surface area (Å²) in [5.41, 5.74) is 2.71. The molecule has 1 amide bonds. The van der Waals surface area contributed by atoms with Crippen LogP contribution in [0.15, 0.2) is 41.3 Å². The van der Waals surface area contributed by atoms with Gasteiger partial charge in [-0.1, -0.05) is 37.6 Å². The van der Waals surface area contributed by atoms with Crippen molar-refractivity contribution >= 4 is 15.9 Å². The van der Waals surface area contributed by atoms with Gasteiger partial charge < -0.3 is 5.32 Å². The number of hydrogen-bond donors (Lipinski definition) is 1. The minimum absolute atomic E-state index is 0.0952. The number of sulfonamides is 1. The molecule has 0 radical (unpaired) electrons. The van der Waals surface area contributed by atoms with Gasteiger partial charge in [-0.05, 0) is 50.1 Å². The van der Waals surface area contributed by atoms with Gasteiger partial charge in [-0.2, -0.15) is 4.31 Å². The third kappa shape index (κ3) is 4.59. The minimum atomic E-state index is -3.78. The molecule has 0 fully saturated rings. The van der Waals surface area contributed by atoms with Gasteiger partial charge in [0.1, 0.15) is 5.82 Å². The van der Waals surface area contributed by atoms with Gasteiger partial charge in [-0.25, -0.2) is 12.8 Å². The van der Waals surface area contributed by atoms with Gasteiger partial charge in [0.15, 0.2) is 0 Å². The molecule has 7 heteroatoms. The number of benzene rings is 2. The maximum absolute atomic E-state index is 14.3. The van der Waals surface area contributed by atoms with Gasteiger partial charge in [0, 0.05) is 13.1 Å². The molecule has 152 valence electrons. The summed E-state index contributed by atoms with van der Waals surface area (Å²) in [6, 6.07) is 8.88. The lowest BCUT2D eigenvalue weighted by molar-refractivity contribution is 0.0935. The summed E-state index contributed by atoms with van der Waals surface area (Å²) in [5.74, 6) is -1.41. The molecular formula is C21H27FN2O3S. The van der Waals surface area contributed by atoms with Gasteiger partial charge in [-0.3, -0.25) is 4.79 Å². The highest BCUT2D eigenvalue weighted by Crippen LogP contribution is 2.22. The molecule has 0 bridgehead atoms. The molecule has 1 atom stereocenters. The maximum Gasteiger partial charge on any atom is 0.254 e. The fourth-order valence-electron chi connectivity index (χ4n) is 3.13. The summed E-state index contributed by atoms with van der Waals surface area (Å²) >= 11 is 0. The lowest BCUT2D eigenvalue weighted by Crippen LogP contribution is -2.31. The molecule has 2 aromatic rings. The van der Waals surface area contributed by atoms with Gasteiger partial charge in [0.05, 0.1) is 16.5 Å². The standard InChI is InChI=1S/C21H27FN2O3S/c1-6-24(7-2)28(26,27)17-10-11-20(22)19(13-17)21(25)23-16(5)18-12-14(3)8-9-15(18)4/h8-13,16H,6-7H2,1-5H3,(H,23,25). The number of hydrogen-bond acceptors (Lipinski definition) is 3. The molecule has 2 aromatic carbocycles. The monoisotopic (exact) mass is 406 g/mol. The Morgan fingerprint density at radius 2 is 1.75 bits per heavy atom. The number of nitrogens with one attached hydrogen (secondary N) is 1. The average molecular weight is 407 g/mol. The largest absolute Gasteiger partial charge is 0.345 e. The minimum Gasteiger partial charge on any atom is -0.345 e. The molecule has 0 saturated heterocycles. The molecule has 1 unspecified atom stereocenters. The molecule has 0 aliphatic carbocycles. The molecule has 0 heterocycles. The average Bonchev–Trinajstić information content (AvgIpc) is 2.64. The first-order chi connectivity index (χ1) is 13.1. The quantitative estimate of drug-likeness (QED) is 0.757. The summed E-state index contributed by atoms with van der Waals surface area (Å²) in [6.07, 6.45) is 0. The predicted octanol–water partition coefficient (Wildman–Crippen LogP) is 3.96. The Morgan fingerprint density at radius 3 is 2.36 bits per heavy atom. The highest BCUT2D eigenvalue weighted by atomic mass is 32.2. The van der Waals surface area contributed by atoms with Crippen molar-refractivity contribution in [2.24, 2.45) is 0 Å². The van der Waals surface area contributed by atoms with Gasteiger partial charge in [-0.15, -0.1) is 0 Å². The van der Waals surface area contributed by atoms with Crippen LogP contribution in [0.2, 0.25) is 0 Å². The molecule has 2 rings (SSSR count). The summed E-state index contributed by atoms with van der Waals surface area (Å²) in [5, 5.41) is 2.77. The Morgan fingerprint density at radius 1 is 1.11 bits per heavy atom. The molecule has 0 saturated carbocycles. The van der Waals surface area contributed by atoms with Crippen LogP contribution in [0.25, 0.3) is 0 Å². The molecule has 0 spiro atoms. The topological polar surface area (TPSA) is 66.5 Å². The first kappa shape index (κ1) is 22.0. The van der Waals surface area contributed by atoms with Crippen molar-refractivity contribution in [3.8, 4) is 0 Å². The highest BCUT2D eigenvalue weighted by molar-refractivity contribution is 7.89. The van der Waals surface area contributed by atoms with E-state index in [0.717, 1.165) is 28.8 Å². The summed E-state index contributed by atoms with van der Waals surface area (Å²) in [6.45, 7) is 9.75. The van der Waals surface area contributed by atoms with Crippen molar-refractivity contribution in [1.29, 1.82) is 0 Å². The van der Waals surface area contributed by atoms with Crippen LogP contribution in [-0.2, 0) is 10.0 Å². The lowest BCUT2D eigenvalue weighted by atomic mass is 9.99. The number of carbonyl (C=O) groups excluding carboxylic acids is 1. The van der Waals surface area contributed by atoms with Gasteiger partial charge >= 0.3 is 0 Å². The summed E-state index contributed by atoms with van der Waals surface area (Å²) in [7, 11) is -3.78. The van der Waals surface area contributed by atoms with Crippen molar-refractivity contribution in [3.63, 3.8) is 0 Å². The maximum atomic E-state index is 14.3. The predicted molar refractivity (Wildman–Crippen MR) is 108 cm³/mol. The van der Waals surface area contributed by atoms with Crippen molar-refractivity contribution < 1.29 is 17.6 Å². The van der Waals surface area contributed by atoms with E-state index < -0.39 is 21.7 Å². The molecule has 1 N–H and O–H groups in total. The van der Waals surface area contributed by atoms with E-state index in [2.05, 4.69) is 5.32 Å². The van der Waals surface area contributed by atoms with Crippen molar-refractivity contribution in [2.75, 3.05) is 13.1 Å². The van der Waals surface area contributed by atoms with E-state index in [0.29, 0.717) is 13.1 Å². The van der Waals surface area contributed by atoms with E-state index >= 15 is 0 Å². The Labute approximate surface area is 166 Å². The number of amides is 1. The van der Waals surface area contributed by atoms with Gasteiger partial charge in [0.2, 0.25) is 10.0 Å². The van der Waals surface area contributed by atoms with E-state index in [1.807, 2.05) is 39.0 Å². The van der Waals surface area contributed by atoms with Crippen LogP contribution >= 0.6 is 0 Å². The zero-order valence-electron chi connectivity index (χ0n) is 16.9. The second-order valence-electron chi connectivity index (χ2n) is 6.79. The van der Waals surface area contributed by atoms with Crippen LogP contribution in [0.1, 0.15) is 53.9 Å². The Hall–Kier alpha value is -2.25. The van der Waals surface area contributed by atoms with Crippen LogP contribution in [0.4, 0.5) is 4.39 Å². The Balaban J connectivity index is 2.34. The van der Waals surface area contributed by atoms with E-state index in [4.69, 9.17) is 0 Å². The normalized spacial score (nSPS) is 12.8. The third-order valence-corrected chi connectivity index (χ3v) is 6.82. The summed E-state index contributed by atoms with van der Waals surface area (Å²) < 4.78 is 40.9. The lowest BCUT2D eigenvalue weighted by Gasteiger charge is -2.20. The molecule has 0 aliphatic rings. The smallest absolute Gasteiger partial charge is 0.254 e. The van der Waals surface area contributed by atoms with Crippen LogP contribution in [-0.4, -0.2) is 31.7 Å². The SMILES string of the molecule is CCN(CC)S(=O)(=O)c1ccc(F)c(C(=O)NC(C)c2cc(C)ccc2C)c1. The van der Waals surface area contributed by atoms with E-state index in [1.54, 1.807) is 13.8 Å². The number of carbonyl (C=O) groups is 1. The molecular weight excluding hydrogens is 379 g/mol. The number of aryl methyl sites for hydroxylation is 2. The number of halogens is 1. The first-order valence-corrected chi connectivity index (χ1v) is 10.7. The number of rotatable bonds is 7. The first-order valence-electron chi connectivity index (χ1n) is 9.29. The third-order valence-electron chi connectivity index (χ3n) is 4.77. The fraction of sp³-hybridized carbons (Fsp3) is 0.381. The zero-order valence-corrected chi connectivity index (χ0v) is 17.7. The zero-order chi connectivity index (χ0) is 21.1. The summed E-state index contributed by atoms with van der Waals surface area (Å²) in [4.78, 5) is 12.6. The van der Waals surface area contributed by atoms with Crippen molar-refractivity contribution in [2.45, 2.75) is 45.6 Å². The molecule has 0 aliphatic heterocycles. The van der Waals surface area contributed by atoms with Crippen molar-refractivity contribution in [1.82, 2.24) is 9.62 Å². The highest BCUT2D eigenvalue weighted by Gasteiger charge is 2.25. The second-order valence-corrected chi connectivity index (χ2v) is 8.72. The molecule has 28 heavy (non-hydrogen) atoms. The van der Waals surface area contributed by atoms with E-state index in [9.17, 15) is 17.6 Å². The second kappa shape index (κ2) is 8.84. The van der Waals surface area contributed by atoms with E-state index in [1.165, 1.54) is 10.4 Å². The van der Waals surface area contributed by atoms with Crippen molar-refractivity contribution in [3.05, 3.63) is 64.5 Å². The van der Waals surface area contributed by atoms with Crippen LogP contribution in [0, 0.1) is 19.7 Å². The molecule has 0 aromatic heterocycles. The number of nitrogens with zero attached hydrogens (tertiary/aromatic N) is 1. The van der Waals surface area contributed by atoms with Gasteiger partial charge in [0.25, 0.3) is 5.91 Å². The van der Waals surface area contributed by atoms with Crippen LogP contribution in [0.5, 0.6) is 0 Å². The van der Waals surface area contributed by atoms with E-state index in [-0.39, 0.29) is 16.5 Å².